The Bertz CT molecular complexity index is 812. The second kappa shape index (κ2) is 5.84. The fourth-order valence-corrected chi connectivity index (χ4v) is 3.01. The van der Waals surface area contributed by atoms with Crippen molar-refractivity contribution in [3.8, 4) is 0 Å². The molecule has 1 amide bonds. The van der Waals surface area contributed by atoms with Crippen LogP contribution in [0.4, 0.5) is 4.39 Å². The van der Waals surface area contributed by atoms with Crippen LogP contribution >= 0.6 is 11.3 Å². The van der Waals surface area contributed by atoms with Crippen LogP contribution in [0, 0.1) is 12.9 Å². The Kier molecular flexibility index (Phi) is 3.89. The Hall–Kier alpha value is -2.28. The predicted molar refractivity (Wildman–Crippen MR) is 82.5 cm³/mol. The van der Waals surface area contributed by atoms with Gasteiger partial charge in [-0.15, -0.1) is 11.3 Å². The number of rotatable bonds is 4. The molecule has 3 heterocycles. The molecule has 1 unspecified atom stereocenters. The van der Waals surface area contributed by atoms with Crippen molar-refractivity contribution in [2.24, 2.45) is 0 Å². The number of hydrogen-bond donors (Lipinski definition) is 1. The third-order valence-corrected chi connectivity index (χ3v) is 4.29. The quantitative estimate of drug-likeness (QED) is 0.804. The molecule has 3 aromatic rings. The average molecular weight is 318 g/mol. The van der Waals surface area contributed by atoms with E-state index in [9.17, 15) is 9.18 Å². The second-order valence-electron chi connectivity index (χ2n) is 4.99. The lowest BCUT2D eigenvalue weighted by atomic mass is 10.2. The molecule has 5 nitrogen and oxygen atoms in total. The van der Waals surface area contributed by atoms with Crippen LogP contribution in [0.25, 0.3) is 5.65 Å². The molecule has 7 heteroatoms. The van der Waals surface area contributed by atoms with Crippen LogP contribution in [0.3, 0.4) is 0 Å². The van der Waals surface area contributed by atoms with Gasteiger partial charge in [-0.2, -0.15) is 4.39 Å². The first-order chi connectivity index (χ1) is 10.6. The number of carbonyl (C=O) groups is 1. The number of aromatic nitrogens is 3. The zero-order chi connectivity index (χ0) is 15.7. The molecule has 1 N–H and O–H groups in total. The maximum Gasteiger partial charge on any atom is 0.275 e. The van der Waals surface area contributed by atoms with Gasteiger partial charge in [0.25, 0.3) is 5.91 Å². The highest BCUT2D eigenvalue weighted by Crippen LogP contribution is 2.20. The van der Waals surface area contributed by atoms with E-state index in [1.54, 1.807) is 24.5 Å². The Morgan fingerprint density at radius 1 is 1.55 bits per heavy atom. The van der Waals surface area contributed by atoms with E-state index < -0.39 is 11.9 Å². The largest absolute Gasteiger partial charge is 0.341 e. The molecule has 0 spiro atoms. The fourth-order valence-electron chi connectivity index (χ4n) is 2.23. The van der Waals surface area contributed by atoms with Gasteiger partial charge in [0.05, 0.1) is 6.04 Å². The minimum absolute atomic E-state index is 0.194. The highest BCUT2D eigenvalue weighted by Gasteiger charge is 2.22. The number of halogens is 1. The minimum Gasteiger partial charge on any atom is -0.341 e. The normalized spacial score (nSPS) is 12.5. The molecule has 114 valence electrons. The number of nitrogens with zero attached hydrogens (tertiary/aromatic N) is 3. The molecule has 0 fully saturated rings. The molecule has 3 aromatic heterocycles. The monoisotopic (exact) mass is 318 g/mol. The van der Waals surface area contributed by atoms with Gasteiger partial charge in [0, 0.05) is 17.8 Å². The molecule has 3 rings (SSSR count). The lowest BCUT2D eigenvalue weighted by Gasteiger charge is -2.13. The maximum absolute atomic E-state index is 14.3. The Balaban J connectivity index is 1.90. The number of carbonyl (C=O) groups excluding carboxylic acids is 1. The summed E-state index contributed by atoms with van der Waals surface area (Å²) in [6.07, 6.45) is 3.93. The van der Waals surface area contributed by atoms with Crippen molar-refractivity contribution in [2.45, 2.75) is 26.3 Å². The first-order valence-corrected chi connectivity index (χ1v) is 7.82. The Morgan fingerprint density at radius 2 is 2.36 bits per heavy atom. The second-order valence-corrected chi connectivity index (χ2v) is 5.91. The van der Waals surface area contributed by atoms with Gasteiger partial charge < -0.3 is 5.32 Å². The summed E-state index contributed by atoms with van der Waals surface area (Å²) in [5.74, 6) is -1.18. The molecule has 0 aliphatic heterocycles. The number of fused-ring (bicyclic) bond motifs is 1. The van der Waals surface area contributed by atoms with Crippen LogP contribution in [0.2, 0.25) is 0 Å². The van der Waals surface area contributed by atoms with E-state index in [0.717, 1.165) is 10.6 Å². The number of imidazole rings is 1. The molecule has 22 heavy (non-hydrogen) atoms. The lowest BCUT2D eigenvalue weighted by molar-refractivity contribution is 0.0926. The predicted octanol–water partition coefficient (Wildman–Crippen LogP) is 3.12. The molecule has 1 atom stereocenters. The van der Waals surface area contributed by atoms with Gasteiger partial charge >= 0.3 is 0 Å². The van der Waals surface area contributed by atoms with Crippen molar-refractivity contribution in [2.75, 3.05) is 0 Å². The number of thiazole rings is 1. The van der Waals surface area contributed by atoms with Crippen molar-refractivity contribution >= 4 is 22.9 Å². The highest BCUT2D eigenvalue weighted by atomic mass is 32.1. The van der Waals surface area contributed by atoms with E-state index in [1.807, 2.05) is 19.2 Å². The first kappa shape index (κ1) is 14.6. The summed E-state index contributed by atoms with van der Waals surface area (Å²) in [4.78, 5) is 20.6. The summed E-state index contributed by atoms with van der Waals surface area (Å²) in [6, 6.07) is 3.26. The van der Waals surface area contributed by atoms with Crippen LogP contribution in [0.5, 0.6) is 0 Å². The molecular formula is C15H15FN4OS. The maximum atomic E-state index is 14.3. The molecular weight excluding hydrogens is 303 g/mol. The van der Waals surface area contributed by atoms with Gasteiger partial charge in [-0.05, 0) is 31.0 Å². The van der Waals surface area contributed by atoms with E-state index in [0.29, 0.717) is 12.1 Å². The number of nitrogens with one attached hydrogen (secondary N) is 1. The van der Waals surface area contributed by atoms with Crippen LogP contribution in [0.15, 0.2) is 29.9 Å². The van der Waals surface area contributed by atoms with Gasteiger partial charge in [0.1, 0.15) is 10.7 Å². The summed E-state index contributed by atoms with van der Waals surface area (Å²) in [5.41, 5.74) is 1.18. The average Bonchev–Trinajstić information content (AvgIpc) is 3.13. The lowest BCUT2D eigenvalue weighted by Crippen LogP contribution is -2.29. The molecule has 0 saturated heterocycles. The molecule has 0 saturated carbocycles. The van der Waals surface area contributed by atoms with Gasteiger partial charge in [0.15, 0.2) is 5.69 Å². The summed E-state index contributed by atoms with van der Waals surface area (Å²) in [7, 11) is 0. The minimum atomic E-state index is -0.651. The smallest absolute Gasteiger partial charge is 0.275 e. The standard InChI is InChI=1S/C15H15FN4OS/c1-3-10(15-17-5-7-22-15)18-14(21)12-13(16)20-6-4-9(2)8-11(20)19-12/h4-8,10H,3H2,1-2H3,(H,18,21). The van der Waals surface area contributed by atoms with E-state index >= 15 is 0 Å². The van der Waals surface area contributed by atoms with Crippen LogP contribution in [0.1, 0.15) is 40.4 Å². The van der Waals surface area contributed by atoms with Crippen LogP contribution < -0.4 is 5.32 Å². The van der Waals surface area contributed by atoms with Gasteiger partial charge in [-0.25, -0.2) is 9.97 Å². The molecule has 0 aromatic carbocycles. The molecule has 0 bridgehead atoms. The molecule has 0 aliphatic carbocycles. The van der Waals surface area contributed by atoms with Crippen LogP contribution in [-0.2, 0) is 0 Å². The molecule has 0 radical (unpaired) electrons. The zero-order valence-corrected chi connectivity index (χ0v) is 13.0. The molecule has 0 aliphatic rings. The summed E-state index contributed by atoms with van der Waals surface area (Å²) >= 11 is 1.46. The van der Waals surface area contributed by atoms with E-state index in [1.165, 1.54) is 15.7 Å². The number of amides is 1. The summed E-state index contributed by atoms with van der Waals surface area (Å²) in [6.45, 7) is 3.83. The van der Waals surface area contributed by atoms with Gasteiger partial charge in [-0.1, -0.05) is 6.92 Å². The highest BCUT2D eigenvalue weighted by molar-refractivity contribution is 7.09. The third-order valence-electron chi connectivity index (χ3n) is 3.40. The SMILES string of the molecule is CCC(NC(=O)c1nc2cc(C)ccn2c1F)c1nccs1. The summed E-state index contributed by atoms with van der Waals surface area (Å²) in [5, 5.41) is 5.44. The van der Waals surface area contributed by atoms with Crippen molar-refractivity contribution < 1.29 is 9.18 Å². The van der Waals surface area contributed by atoms with Crippen molar-refractivity contribution in [1.29, 1.82) is 0 Å². The van der Waals surface area contributed by atoms with Crippen molar-refractivity contribution in [3.05, 3.63) is 52.1 Å². The summed E-state index contributed by atoms with van der Waals surface area (Å²) < 4.78 is 15.6. The van der Waals surface area contributed by atoms with Crippen molar-refractivity contribution in [1.82, 2.24) is 19.7 Å². The van der Waals surface area contributed by atoms with Crippen LogP contribution in [-0.4, -0.2) is 20.3 Å². The number of aryl methyl sites for hydroxylation is 1. The fraction of sp³-hybridized carbons (Fsp3) is 0.267. The van der Waals surface area contributed by atoms with E-state index in [2.05, 4.69) is 15.3 Å². The van der Waals surface area contributed by atoms with Gasteiger partial charge in [-0.3, -0.25) is 9.20 Å². The Morgan fingerprint density at radius 3 is 3.05 bits per heavy atom. The number of pyridine rings is 1. The first-order valence-electron chi connectivity index (χ1n) is 6.94. The van der Waals surface area contributed by atoms with E-state index in [4.69, 9.17) is 0 Å². The third kappa shape index (κ3) is 2.59. The van der Waals surface area contributed by atoms with E-state index in [-0.39, 0.29) is 11.7 Å². The zero-order valence-electron chi connectivity index (χ0n) is 12.2. The number of hydrogen-bond acceptors (Lipinski definition) is 4. The topological polar surface area (TPSA) is 59.3 Å². The van der Waals surface area contributed by atoms with Crippen molar-refractivity contribution in [3.63, 3.8) is 0 Å². The Labute approximate surface area is 130 Å². The van der Waals surface area contributed by atoms with Gasteiger partial charge in [0.2, 0.25) is 5.95 Å².